The Morgan fingerprint density at radius 2 is 1.85 bits per heavy atom. The number of nitrogens with zero attached hydrogens (tertiary/aromatic N) is 1. The van der Waals surface area contributed by atoms with Crippen molar-refractivity contribution < 1.29 is 14.3 Å². The van der Waals surface area contributed by atoms with Crippen molar-refractivity contribution in [2.45, 2.75) is 69.6 Å². The predicted octanol–water partition coefficient (Wildman–Crippen LogP) is 3.61. The van der Waals surface area contributed by atoms with Gasteiger partial charge in [0, 0.05) is 30.9 Å². The Hall–Kier alpha value is -1.59. The van der Waals surface area contributed by atoms with E-state index in [1.807, 2.05) is 11.0 Å². The molecule has 26 heavy (non-hydrogen) atoms. The average Bonchev–Trinajstić information content (AvgIpc) is 2.99. The zero-order chi connectivity index (χ0) is 18.6. The summed E-state index contributed by atoms with van der Waals surface area (Å²) < 4.78 is 11.7. The van der Waals surface area contributed by atoms with Crippen molar-refractivity contribution >= 4 is 11.7 Å². The largest absolute Gasteiger partial charge is 0.381 e. The van der Waals surface area contributed by atoms with Crippen LogP contribution in [0.25, 0.3) is 0 Å². The second-order valence-corrected chi connectivity index (χ2v) is 9.17. The molecule has 2 amide bonds. The van der Waals surface area contributed by atoms with Gasteiger partial charge in [0.05, 0.1) is 17.2 Å². The second-order valence-electron chi connectivity index (χ2n) is 9.17. The summed E-state index contributed by atoms with van der Waals surface area (Å²) in [5.41, 5.74) is 1.79. The normalized spacial score (nSPS) is 28.2. The molecule has 3 heterocycles. The number of ether oxygens (including phenoxy) is 2. The number of fused-ring (bicyclic) bond motifs is 2. The number of nitrogens with one attached hydrogen (secondary N) is 1. The van der Waals surface area contributed by atoms with Crippen molar-refractivity contribution in [3.8, 4) is 0 Å². The zero-order valence-corrected chi connectivity index (χ0v) is 16.3. The van der Waals surface area contributed by atoms with Crippen LogP contribution in [0.15, 0.2) is 24.3 Å². The fourth-order valence-corrected chi connectivity index (χ4v) is 5.02. The number of hydrogen-bond donors (Lipinski definition) is 1. The van der Waals surface area contributed by atoms with Crippen LogP contribution < -0.4 is 10.2 Å². The standard InChI is InChI=1S/C21H30N2O3/c1-19(2)13-17(20(3,4)26-19)22-18(24)23-14-21(9-11-25-12-10-21)15-7-5-6-8-16(15)23/h5-8,17H,9-14H2,1-4H3,(H,22,24)/t17-/m1/s1. The van der Waals surface area contributed by atoms with Crippen LogP contribution in [0, 0.1) is 0 Å². The minimum Gasteiger partial charge on any atom is -0.381 e. The molecule has 2 fully saturated rings. The monoisotopic (exact) mass is 358 g/mol. The van der Waals surface area contributed by atoms with Crippen LogP contribution in [0.2, 0.25) is 0 Å². The van der Waals surface area contributed by atoms with Gasteiger partial charge in [-0.1, -0.05) is 18.2 Å². The van der Waals surface area contributed by atoms with E-state index >= 15 is 0 Å². The van der Waals surface area contributed by atoms with Crippen molar-refractivity contribution in [2.24, 2.45) is 0 Å². The van der Waals surface area contributed by atoms with E-state index < -0.39 is 0 Å². The van der Waals surface area contributed by atoms with Crippen molar-refractivity contribution in [1.82, 2.24) is 5.32 Å². The molecular weight excluding hydrogens is 328 g/mol. The van der Waals surface area contributed by atoms with Gasteiger partial charge in [-0.15, -0.1) is 0 Å². The number of rotatable bonds is 1. The summed E-state index contributed by atoms with van der Waals surface area (Å²) in [6.45, 7) is 10.6. The lowest BCUT2D eigenvalue weighted by Crippen LogP contribution is -2.52. The molecule has 0 aliphatic carbocycles. The van der Waals surface area contributed by atoms with Gasteiger partial charge in [0.25, 0.3) is 0 Å². The van der Waals surface area contributed by atoms with Crippen molar-refractivity contribution in [1.29, 1.82) is 0 Å². The van der Waals surface area contributed by atoms with E-state index in [1.165, 1.54) is 5.56 Å². The first-order chi connectivity index (χ1) is 12.2. The summed E-state index contributed by atoms with van der Waals surface area (Å²) in [7, 11) is 0. The maximum absolute atomic E-state index is 13.2. The highest BCUT2D eigenvalue weighted by Gasteiger charge is 2.49. The molecule has 0 radical (unpaired) electrons. The molecule has 1 aromatic rings. The topological polar surface area (TPSA) is 50.8 Å². The Kier molecular flexibility index (Phi) is 4.08. The number of amides is 2. The molecule has 3 aliphatic rings. The number of para-hydroxylation sites is 1. The van der Waals surface area contributed by atoms with Gasteiger partial charge in [-0.25, -0.2) is 4.79 Å². The Morgan fingerprint density at radius 3 is 2.50 bits per heavy atom. The smallest absolute Gasteiger partial charge is 0.322 e. The average molecular weight is 358 g/mol. The van der Waals surface area contributed by atoms with Gasteiger partial charge in [0.1, 0.15) is 0 Å². The fraction of sp³-hybridized carbons (Fsp3) is 0.667. The SMILES string of the molecule is CC1(C)C[C@@H](NC(=O)N2CC3(CCOCC3)c3ccccc32)C(C)(C)O1. The molecule has 2 saturated heterocycles. The molecule has 0 bridgehead atoms. The van der Waals surface area contributed by atoms with Crippen molar-refractivity contribution in [3.63, 3.8) is 0 Å². The summed E-state index contributed by atoms with van der Waals surface area (Å²) in [6.07, 6.45) is 2.76. The molecule has 5 heteroatoms. The van der Waals surface area contributed by atoms with Gasteiger partial charge >= 0.3 is 6.03 Å². The third kappa shape index (κ3) is 2.91. The molecule has 0 aromatic heterocycles. The van der Waals surface area contributed by atoms with Crippen molar-refractivity contribution in [3.05, 3.63) is 29.8 Å². The molecule has 1 spiro atoms. The van der Waals surface area contributed by atoms with E-state index in [0.717, 1.165) is 44.7 Å². The minimum absolute atomic E-state index is 0.00315. The molecule has 1 N–H and O–H groups in total. The fourth-order valence-electron chi connectivity index (χ4n) is 5.02. The predicted molar refractivity (Wildman–Crippen MR) is 102 cm³/mol. The van der Waals surface area contributed by atoms with E-state index in [2.05, 4.69) is 51.2 Å². The molecule has 142 valence electrons. The summed E-state index contributed by atoms with van der Waals surface area (Å²) in [4.78, 5) is 15.1. The highest BCUT2D eigenvalue weighted by Crippen LogP contribution is 2.47. The summed E-state index contributed by atoms with van der Waals surface area (Å²) in [6, 6.07) is 8.33. The highest BCUT2D eigenvalue weighted by atomic mass is 16.5. The van der Waals surface area contributed by atoms with Crippen LogP contribution in [0.3, 0.4) is 0 Å². The number of benzene rings is 1. The number of urea groups is 1. The molecular formula is C21H30N2O3. The minimum atomic E-state index is -0.366. The molecule has 3 aliphatic heterocycles. The summed E-state index contributed by atoms with van der Waals surface area (Å²) in [5, 5.41) is 3.26. The maximum atomic E-state index is 13.2. The third-order valence-corrected chi connectivity index (χ3v) is 6.29. The van der Waals surface area contributed by atoms with E-state index in [-0.39, 0.29) is 28.7 Å². The van der Waals surface area contributed by atoms with Gasteiger partial charge in [-0.2, -0.15) is 0 Å². The van der Waals surface area contributed by atoms with Crippen molar-refractivity contribution in [2.75, 3.05) is 24.7 Å². The van der Waals surface area contributed by atoms with Gasteiger partial charge in [0.15, 0.2) is 0 Å². The van der Waals surface area contributed by atoms with E-state index in [0.29, 0.717) is 0 Å². The van der Waals surface area contributed by atoms with E-state index in [9.17, 15) is 4.79 Å². The molecule has 4 rings (SSSR count). The lowest BCUT2D eigenvalue weighted by Gasteiger charge is -2.34. The lowest BCUT2D eigenvalue weighted by atomic mass is 9.76. The Morgan fingerprint density at radius 1 is 1.15 bits per heavy atom. The first-order valence-electron chi connectivity index (χ1n) is 9.68. The van der Waals surface area contributed by atoms with Gasteiger partial charge < -0.3 is 14.8 Å². The second kappa shape index (κ2) is 5.96. The number of anilines is 1. The molecule has 1 aromatic carbocycles. The molecule has 1 atom stereocenters. The van der Waals surface area contributed by atoms with Crippen LogP contribution in [-0.4, -0.2) is 43.0 Å². The summed E-state index contributed by atoms with van der Waals surface area (Å²) in [5.74, 6) is 0. The number of carbonyl (C=O) groups is 1. The van der Waals surface area contributed by atoms with Crippen LogP contribution in [0.4, 0.5) is 10.5 Å². The Balaban J connectivity index is 1.57. The number of carbonyl (C=O) groups excluding carboxylic acids is 1. The first kappa shape index (κ1) is 17.8. The van der Waals surface area contributed by atoms with Crippen LogP contribution in [-0.2, 0) is 14.9 Å². The molecule has 0 saturated carbocycles. The van der Waals surface area contributed by atoms with Crippen LogP contribution >= 0.6 is 0 Å². The lowest BCUT2D eigenvalue weighted by molar-refractivity contribution is -0.0690. The van der Waals surface area contributed by atoms with Gasteiger partial charge in [0.2, 0.25) is 0 Å². The van der Waals surface area contributed by atoms with E-state index in [4.69, 9.17) is 9.47 Å². The zero-order valence-electron chi connectivity index (χ0n) is 16.3. The maximum Gasteiger partial charge on any atom is 0.322 e. The molecule has 0 unspecified atom stereocenters. The summed E-state index contributed by atoms with van der Waals surface area (Å²) >= 11 is 0. The molecule has 5 nitrogen and oxygen atoms in total. The number of hydrogen-bond acceptors (Lipinski definition) is 3. The van der Waals surface area contributed by atoms with Gasteiger partial charge in [-0.05, 0) is 58.6 Å². The van der Waals surface area contributed by atoms with Crippen LogP contribution in [0.5, 0.6) is 0 Å². The van der Waals surface area contributed by atoms with Crippen LogP contribution in [0.1, 0.15) is 52.5 Å². The quantitative estimate of drug-likeness (QED) is 0.834. The first-order valence-corrected chi connectivity index (χ1v) is 9.68. The Bertz CT molecular complexity index is 707. The highest BCUT2D eigenvalue weighted by molar-refractivity contribution is 5.95. The van der Waals surface area contributed by atoms with E-state index in [1.54, 1.807) is 0 Å². The van der Waals surface area contributed by atoms with Gasteiger partial charge in [-0.3, -0.25) is 4.90 Å². The third-order valence-electron chi connectivity index (χ3n) is 6.29. The Labute approximate surface area is 156 Å².